The summed E-state index contributed by atoms with van der Waals surface area (Å²) >= 11 is 0. The number of hydrogen-bond acceptors (Lipinski definition) is 6. The second-order valence-corrected chi connectivity index (χ2v) is 7.87. The molecule has 1 aliphatic heterocycles. The molecule has 0 radical (unpaired) electrons. The molecule has 0 aromatic carbocycles. The fourth-order valence-electron chi connectivity index (χ4n) is 2.68. The molecule has 5 N–H and O–H groups in total. The Morgan fingerprint density at radius 1 is 1.24 bits per heavy atom. The average Bonchev–Trinajstić information content (AvgIpc) is 2.67. The summed E-state index contributed by atoms with van der Waals surface area (Å²) in [5.41, 5.74) is -0.672. The average molecular weight is 359 g/mol. The van der Waals surface area contributed by atoms with E-state index in [4.69, 9.17) is 4.74 Å². The largest absolute Gasteiger partial charge is 0.444 e. The van der Waals surface area contributed by atoms with Crippen molar-refractivity contribution in [2.45, 2.75) is 83.9 Å². The number of carbonyl (C=O) groups excluding carboxylic acids is 2. The maximum Gasteiger partial charge on any atom is 0.407 e. The molecule has 1 saturated heterocycles. The highest BCUT2D eigenvalue weighted by atomic mass is 16.6. The van der Waals surface area contributed by atoms with Crippen LogP contribution in [0, 0.1) is 5.92 Å². The number of carbonyl (C=O) groups is 2. The Kier molecular flexibility index (Phi) is 8.11. The topological polar surface area (TPSA) is 120 Å². The van der Waals surface area contributed by atoms with Gasteiger partial charge in [0.1, 0.15) is 11.8 Å². The van der Waals surface area contributed by atoms with Gasteiger partial charge in [-0.1, -0.05) is 13.8 Å². The molecule has 1 heterocycles. The van der Waals surface area contributed by atoms with E-state index in [1.165, 1.54) is 0 Å². The molecule has 4 atom stereocenters. The van der Waals surface area contributed by atoms with Crippen LogP contribution in [0.2, 0.25) is 0 Å². The van der Waals surface area contributed by atoms with Crippen molar-refractivity contribution in [3.05, 3.63) is 0 Å². The van der Waals surface area contributed by atoms with E-state index in [1.807, 2.05) is 0 Å². The van der Waals surface area contributed by atoms with Crippen molar-refractivity contribution in [2.24, 2.45) is 5.92 Å². The van der Waals surface area contributed by atoms with Crippen LogP contribution >= 0.6 is 0 Å². The lowest BCUT2D eigenvalue weighted by Gasteiger charge is -2.30. The van der Waals surface area contributed by atoms with Crippen molar-refractivity contribution in [1.29, 1.82) is 0 Å². The maximum absolute atomic E-state index is 12.4. The lowest BCUT2D eigenvalue weighted by molar-refractivity contribution is -0.133. The summed E-state index contributed by atoms with van der Waals surface area (Å²) < 4.78 is 5.19. The third-order valence-corrected chi connectivity index (χ3v) is 4.01. The molecule has 1 rings (SSSR count). The normalized spacial score (nSPS) is 24.2. The number of hydrogen-bond donors (Lipinski definition) is 5. The minimum absolute atomic E-state index is 0.189. The highest BCUT2D eigenvalue weighted by Crippen LogP contribution is 2.13. The Labute approximate surface area is 149 Å². The molecule has 0 aliphatic carbocycles. The van der Waals surface area contributed by atoms with Crippen LogP contribution in [0.3, 0.4) is 0 Å². The van der Waals surface area contributed by atoms with E-state index < -0.39 is 42.0 Å². The number of aliphatic hydroxyl groups is 2. The van der Waals surface area contributed by atoms with Crippen molar-refractivity contribution in [1.82, 2.24) is 16.0 Å². The number of alkyl carbamates (subject to hydrolysis) is 1. The third kappa shape index (κ3) is 7.58. The van der Waals surface area contributed by atoms with Crippen LogP contribution in [0.15, 0.2) is 0 Å². The van der Waals surface area contributed by atoms with Crippen LogP contribution in [0.5, 0.6) is 0 Å². The molecule has 25 heavy (non-hydrogen) atoms. The minimum atomic E-state index is -1.44. The van der Waals surface area contributed by atoms with Gasteiger partial charge >= 0.3 is 6.09 Å². The first-order valence-corrected chi connectivity index (χ1v) is 8.90. The van der Waals surface area contributed by atoms with Crippen LogP contribution in [-0.2, 0) is 9.53 Å². The smallest absolute Gasteiger partial charge is 0.407 e. The van der Waals surface area contributed by atoms with Crippen LogP contribution in [0.25, 0.3) is 0 Å². The molecule has 2 amide bonds. The van der Waals surface area contributed by atoms with Gasteiger partial charge in [0.2, 0.25) is 0 Å². The number of nitrogens with one attached hydrogen (secondary N) is 3. The van der Waals surface area contributed by atoms with E-state index in [1.54, 1.807) is 34.6 Å². The Bertz CT molecular complexity index is 450. The van der Waals surface area contributed by atoms with Gasteiger partial charge in [-0.05, 0) is 52.5 Å². The van der Waals surface area contributed by atoms with Gasteiger partial charge in [0.15, 0.2) is 6.10 Å². The predicted molar refractivity (Wildman–Crippen MR) is 93.8 cm³/mol. The Morgan fingerprint density at radius 3 is 2.44 bits per heavy atom. The molecule has 1 fully saturated rings. The second kappa shape index (κ2) is 9.35. The van der Waals surface area contributed by atoms with Crippen molar-refractivity contribution < 1.29 is 24.5 Å². The lowest BCUT2D eigenvalue weighted by Crippen LogP contribution is -2.57. The van der Waals surface area contributed by atoms with Gasteiger partial charge in [-0.3, -0.25) is 10.1 Å². The fraction of sp³-hybridized carbons (Fsp3) is 0.882. The lowest BCUT2D eigenvalue weighted by atomic mass is 9.97. The van der Waals surface area contributed by atoms with E-state index in [9.17, 15) is 19.8 Å². The summed E-state index contributed by atoms with van der Waals surface area (Å²) in [5.74, 6) is -0.812. The number of rotatable bonds is 5. The molecule has 0 spiro atoms. The molecule has 8 nitrogen and oxygen atoms in total. The molecule has 0 saturated carbocycles. The zero-order valence-electron chi connectivity index (χ0n) is 15.8. The Morgan fingerprint density at radius 2 is 1.88 bits per heavy atom. The van der Waals surface area contributed by atoms with E-state index in [-0.39, 0.29) is 5.92 Å². The summed E-state index contributed by atoms with van der Waals surface area (Å²) in [7, 11) is 0. The monoisotopic (exact) mass is 359 g/mol. The fourth-order valence-corrected chi connectivity index (χ4v) is 2.68. The van der Waals surface area contributed by atoms with Gasteiger partial charge in [0, 0.05) is 0 Å². The van der Waals surface area contributed by atoms with Crippen molar-refractivity contribution in [3.8, 4) is 0 Å². The summed E-state index contributed by atoms with van der Waals surface area (Å²) in [6.07, 6.45) is -0.569. The first-order valence-electron chi connectivity index (χ1n) is 8.90. The Balaban J connectivity index is 2.68. The summed E-state index contributed by atoms with van der Waals surface area (Å²) in [6.45, 7) is 9.48. The van der Waals surface area contributed by atoms with Gasteiger partial charge in [-0.2, -0.15) is 0 Å². The quantitative estimate of drug-likeness (QED) is 0.487. The zero-order chi connectivity index (χ0) is 19.2. The molecule has 1 unspecified atom stereocenters. The van der Waals surface area contributed by atoms with Crippen molar-refractivity contribution in [3.63, 3.8) is 0 Å². The molecule has 0 bridgehead atoms. The summed E-state index contributed by atoms with van der Waals surface area (Å²) in [4.78, 5) is 24.4. The summed E-state index contributed by atoms with van der Waals surface area (Å²) in [5, 5.41) is 28.6. The number of amides is 2. The van der Waals surface area contributed by atoms with Crippen LogP contribution < -0.4 is 16.0 Å². The highest BCUT2D eigenvalue weighted by Gasteiger charge is 2.33. The van der Waals surface area contributed by atoms with E-state index in [0.717, 1.165) is 12.8 Å². The molecular weight excluding hydrogens is 326 g/mol. The van der Waals surface area contributed by atoms with E-state index in [2.05, 4.69) is 16.0 Å². The highest BCUT2D eigenvalue weighted by molar-refractivity contribution is 5.82. The molecule has 1 aliphatic rings. The standard InChI is InChI=1S/C17H33N3O5/c1-10(2)12(20-16(24)25-17(3,4)5)13(21)15(23)19-11-8-6-7-9-18-14(11)22/h10-14,18,21-22H,6-9H2,1-5H3,(H,19,23)(H,20,24)/t11-,12-,13-,14?/m0/s1. The van der Waals surface area contributed by atoms with Crippen LogP contribution in [0.1, 0.15) is 53.9 Å². The SMILES string of the molecule is CC(C)[C@H](NC(=O)OC(C)(C)C)[C@H](O)C(=O)N[C@H]1CCCCNC1O. The van der Waals surface area contributed by atoms with Gasteiger partial charge in [-0.25, -0.2) is 4.79 Å². The first-order chi connectivity index (χ1) is 11.5. The minimum Gasteiger partial charge on any atom is -0.444 e. The van der Waals surface area contributed by atoms with E-state index >= 15 is 0 Å². The van der Waals surface area contributed by atoms with E-state index in [0.29, 0.717) is 13.0 Å². The number of ether oxygens (including phenoxy) is 1. The second-order valence-electron chi connectivity index (χ2n) is 7.87. The molecule has 0 aromatic rings. The molecule has 146 valence electrons. The zero-order valence-corrected chi connectivity index (χ0v) is 15.8. The van der Waals surface area contributed by atoms with Gasteiger partial charge in [0.25, 0.3) is 5.91 Å². The third-order valence-electron chi connectivity index (χ3n) is 4.01. The molecule has 8 heteroatoms. The first kappa shape index (κ1) is 21.7. The number of aliphatic hydroxyl groups excluding tert-OH is 2. The predicted octanol–water partition coefficient (Wildman–Crippen LogP) is 0.473. The molecule has 0 aromatic heterocycles. The van der Waals surface area contributed by atoms with Gasteiger partial charge < -0.3 is 25.6 Å². The van der Waals surface area contributed by atoms with Crippen molar-refractivity contribution in [2.75, 3.05) is 6.54 Å². The maximum atomic E-state index is 12.4. The van der Waals surface area contributed by atoms with Crippen molar-refractivity contribution >= 4 is 12.0 Å². The van der Waals surface area contributed by atoms with Crippen LogP contribution in [0.4, 0.5) is 4.79 Å². The Hall–Kier alpha value is -1.38. The summed E-state index contributed by atoms with van der Waals surface area (Å²) in [6, 6.07) is -1.27. The van der Waals surface area contributed by atoms with Gasteiger partial charge in [-0.15, -0.1) is 0 Å². The molecular formula is C17H33N3O5. The van der Waals surface area contributed by atoms with Crippen LogP contribution in [-0.4, -0.2) is 58.8 Å². The van der Waals surface area contributed by atoms with Gasteiger partial charge in [0.05, 0.1) is 12.1 Å².